The molecule has 10 heteroatoms. The van der Waals surface area contributed by atoms with Crippen molar-refractivity contribution in [2.24, 2.45) is 0 Å². The monoisotopic (exact) mass is 194 g/mol. The van der Waals surface area contributed by atoms with Crippen LogP contribution in [0, 0.1) is 0 Å². The van der Waals surface area contributed by atoms with Crippen molar-refractivity contribution in [2.45, 2.75) is 0 Å². The molecular formula is H4O8P2. The van der Waals surface area contributed by atoms with E-state index in [0.717, 1.165) is 0 Å². The van der Waals surface area contributed by atoms with Crippen LogP contribution in [-0.2, 0) is 18.2 Å². The molecule has 0 saturated carbocycles. The number of rotatable bonds is 2. The van der Waals surface area contributed by atoms with Gasteiger partial charge in [-0.25, -0.2) is 0 Å². The Morgan fingerprint density at radius 2 is 1.70 bits per heavy atom. The molecule has 0 amide bonds. The summed E-state index contributed by atoms with van der Waals surface area (Å²) in [5, 5.41) is 0. The van der Waals surface area contributed by atoms with E-state index < -0.39 is 15.6 Å². The second-order valence-corrected chi connectivity index (χ2v) is 5.06. The fraction of sp³-hybridized carbons (Fsp3) is 0. The Hall–Kier alpha value is 0.380. The zero-order valence-corrected chi connectivity index (χ0v) is 6.11. The molecule has 0 aliphatic carbocycles. The van der Waals surface area contributed by atoms with Crippen molar-refractivity contribution in [3.05, 3.63) is 0 Å². The molecule has 1 saturated heterocycles. The van der Waals surface area contributed by atoms with Gasteiger partial charge in [-0.3, -0.25) is 0 Å². The van der Waals surface area contributed by atoms with Gasteiger partial charge >= 0.3 is 53.4 Å². The average Bonchev–Trinajstić information content (AvgIpc) is 2.07. The van der Waals surface area contributed by atoms with E-state index >= 15 is 0 Å². The standard InChI is InChI=1S/H4O8P2/c1-9(2,3)8-10(4,5)6-7-10/h4-5H,(H2,1,2,3). The third-order valence-corrected chi connectivity index (χ3v) is 3.02. The predicted octanol–water partition coefficient (Wildman–Crippen LogP) is -0.830. The Bertz CT molecular complexity index is 189. The second-order valence-electron chi connectivity index (χ2n) is 1.52. The first-order valence-corrected chi connectivity index (χ1v) is 5.31. The molecule has 0 atom stereocenters. The quantitative estimate of drug-likeness (QED) is 0.254. The van der Waals surface area contributed by atoms with Crippen LogP contribution in [-0.4, -0.2) is 19.6 Å². The Morgan fingerprint density at radius 3 is 1.80 bits per heavy atom. The van der Waals surface area contributed by atoms with E-state index in [-0.39, 0.29) is 0 Å². The van der Waals surface area contributed by atoms with Crippen LogP contribution in [0.2, 0.25) is 0 Å². The molecule has 0 aromatic carbocycles. The molecule has 0 unspecified atom stereocenters. The molecule has 0 aromatic rings. The van der Waals surface area contributed by atoms with E-state index in [0.29, 0.717) is 0 Å². The van der Waals surface area contributed by atoms with Gasteiger partial charge in [0.2, 0.25) is 0 Å². The van der Waals surface area contributed by atoms with E-state index in [1.807, 2.05) is 0 Å². The molecular weight excluding hydrogens is 190 g/mol. The Morgan fingerprint density at radius 1 is 1.30 bits per heavy atom. The molecule has 1 heterocycles. The summed E-state index contributed by atoms with van der Waals surface area (Å²) in [5.41, 5.74) is 0. The van der Waals surface area contributed by atoms with Crippen LogP contribution in [0.3, 0.4) is 0 Å². The van der Waals surface area contributed by atoms with Crippen molar-refractivity contribution in [2.75, 3.05) is 0 Å². The Kier molecular flexibility index (Phi) is 1.49. The van der Waals surface area contributed by atoms with Gasteiger partial charge in [-0.05, 0) is 0 Å². The zero-order chi connectivity index (χ0) is 8.07. The first-order valence-electron chi connectivity index (χ1n) is 1.88. The molecule has 0 aromatic heterocycles. The zero-order valence-electron chi connectivity index (χ0n) is 4.32. The van der Waals surface area contributed by atoms with Gasteiger partial charge in [0, 0.05) is 0 Å². The molecule has 1 fully saturated rings. The molecule has 0 radical (unpaired) electrons. The number of hydrogen-bond donors (Lipinski definition) is 4. The van der Waals surface area contributed by atoms with Crippen molar-refractivity contribution in [1.29, 1.82) is 0 Å². The first kappa shape index (κ1) is 8.48. The summed E-state index contributed by atoms with van der Waals surface area (Å²) in [5.74, 6) is 0. The van der Waals surface area contributed by atoms with E-state index in [1.54, 1.807) is 0 Å². The minimum atomic E-state index is -5.26. The summed E-state index contributed by atoms with van der Waals surface area (Å²) in [4.78, 5) is 32.9. The van der Waals surface area contributed by atoms with Crippen LogP contribution in [0.25, 0.3) is 0 Å². The van der Waals surface area contributed by atoms with Crippen LogP contribution in [0.5, 0.6) is 0 Å². The van der Waals surface area contributed by atoms with Crippen molar-refractivity contribution >= 4 is 15.6 Å². The van der Waals surface area contributed by atoms with Crippen LogP contribution in [0.4, 0.5) is 0 Å². The van der Waals surface area contributed by atoms with Crippen molar-refractivity contribution in [3.8, 4) is 0 Å². The van der Waals surface area contributed by atoms with Gasteiger partial charge in [0.25, 0.3) is 0 Å². The summed E-state index contributed by atoms with van der Waals surface area (Å²) >= 11 is 0. The topological polar surface area (TPSA) is 132 Å². The fourth-order valence-corrected chi connectivity index (χ4v) is 2.27. The van der Waals surface area contributed by atoms with E-state index in [4.69, 9.17) is 19.6 Å². The molecule has 0 bridgehead atoms. The molecule has 1 aliphatic heterocycles. The van der Waals surface area contributed by atoms with Crippen LogP contribution >= 0.6 is 15.6 Å². The molecule has 0 spiro atoms. The number of hydrogen-bond acceptors (Lipinski definition) is 6. The Balaban J connectivity index is 2.64. The summed E-state index contributed by atoms with van der Waals surface area (Å²) in [6, 6.07) is 0. The predicted molar refractivity (Wildman–Crippen MR) is 26.7 cm³/mol. The molecule has 10 heavy (non-hydrogen) atoms. The minimum absolute atomic E-state index is 3.39. The molecule has 8 nitrogen and oxygen atoms in total. The summed E-state index contributed by atoms with van der Waals surface area (Å²) in [7, 11) is -10.2. The van der Waals surface area contributed by atoms with Crippen molar-refractivity contribution in [1.82, 2.24) is 0 Å². The van der Waals surface area contributed by atoms with Gasteiger partial charge in [-0.1, -0.05) is 0 Å². The molecule has 1 rings (SSSR count). The summed E-state index contributed by atoms with van der Waals surface area (Å²) in [6.07, 6.45) is 0. The molecule has 4 N–H and O–H groups in total. The maximum absolute atomic E-state index is 9.92. The SMILES string of the molecule is O=P(O)(O)OP1(O)(O)OO1. The number of phosphoric acid groups is 1. The van der Waals surface area contributed by atoms with Gasteiger partial charge in [-0.15, -0.1) is 0 Å². The van der Waals surface area contributed by atoms with Crippen molar-refractivity contribution in [3.63, 3.8) is 0 Å². The maximum atomic E-state index is 9.92. The summed E-state index contributed by atoms with van der Waals surface area (Å²) in [6.45, 7) is 0. The van der Waals surface area contributed by atoms with Gasteiger partial charge < -0.3 is 0 Å². The van der Waals surface area contributed by atoms with E-state index in [9.17, 15) is 4.57 Å². The summed E-state index contributed by atoms with van der Waals surface area (Å²) < 4.78 is 20.3. The van der Waals surface area contributed by atoms with Crippen molar-refractivity contribution < 1.29 is 37.8 Å². The fourth-order valence-electron chi connectivity index (χ4n) is 0.253. The molecule has 62 valence electrons. The first-order chi connectivity index (χ1) is 4.20. The van der Waals surface area contributed by atoms with Gasteiger partial charge in [0.1, 0.15) is 0 Å². The van der Waals surface area contributed by atoms with Gasteiger partial charge in [0.15, 0.2) is 0 Å². The van der Waals surface area contributed by atoms with Crippen LogP contribution in [0.15, 0.2) is 0 Å². The molecule has 1 aliphatic rings. The van der Waals surface area contributed by atoms with Gasteiger partial charge in [0.05, 0.1) is 0 Å². The van der Waals surface area contributed by atoms with Crippen LogP contribution in [0.1, 0.15) is 0 Å². The third kappa shape index (κ3) is 2.21. The average molecular weight is 194 g/mol. The van der Waals surface area contributed by atoms with E-state index in [2.05, 4.69) is 13.7 Å². The second kappa shape index (κ2) is 1.75. The third-order valence-electron chi connectivity index (χ3n) is 0.515. The normalized spacial score (nSPS) is 32.2. The van der Waals surface area contributed by atoms with E-state index in [1.165, 1.54) is 0 Å². The van der Waals surface area contributed by atoms with Gasteiger partial charge in [-0.2, -0.15) is 0 Å². The van der Waals surface area contributed by atoms with Crippen LogP contribution < -0.4 is 0 Å². The Labute approximate surface area is 54.5 Å².